The van der Waals surface area contributed by atoms with Crippen molar-refractivity contribution in [2.24, 2.45) is 5.92 Å². The maximum atomic E-state index is 12.2. The number of hydrogen-bond acceptors (Lipinski definition) is 2. The summed E-state index contributed by atoms with van der Waals surface area (Å²) in [4.78, 5) is 12.2. The first-order valence-corrected chi connectivity index (χ1v) is 6.54. The van der Waals surface area contributed by atoms with Crippen LogP contribution in [0.2, 0.25) is 0 Å². The van der Waals surface area contributed by atoms with Gasteiger partial charge in [0.25, 0.3) is 0 Å². The average Bonchev–Trinajstić information content (AvgIpc) is 2.72. The predicted octanol–water partition coefficient (Wildman–Crippen LogP) is 3.60. The summed E-state index contributed by atoms with van der Waals surface area (Å²) in [5.74, 6) is 1.78. The van der Waals surface area contributed by atoms with Crippen LogP contribution in [0.25, 0.3) is 0 Å². The summed E-state index contributed by atoms with van der Waals surface area (Å²) < 4.78 is 6.16. The van der Waals surface area contributed by atoms with E-state index in [9.17, 15) is 4.79 Å². The van der Waals surface area contributed by atoms with Gasteiger partial charge in [0.2, 0.25) is 0 Å². The molecule has 1 fully saturated rings. The van der Waals surface area contributed by atoms with Crippen molar-refractivity contribution in [3.05, 3.63) is 29.8 Å². The van der Waals surface area contributed by atoms with Gasteiger partial charge in [-0.25, -0.2) is 0 Å². The second kappa shape index (κ2) is 3.86. The van der Waals surface area contributed by atoms with Crippen molar-refractivity contribution in [1.29, 1.82) is 0 Å². The van der Waals surface area contributed by atoms with Crippen molar-refractivity contribution in [3.8, 4) is 5.75 Å². The monoisotopic (exact) mass is 230 g/mol. The Morgan fingerprint density at radius 1 is 1.41 bits per heavy atom. The number of carbonyl (C=O) groups is 1. The number of rotatable bonds is 1. The number of Topliss-reactive ketones (excluding diaryl/α,β-unsaturated/α-hetero) is 1. The van der Waals surface area contributed by atoms with E-state index in [0.29, 0.717) is 6.42 Å². The Kier molecular flexibility index (Phi) is 2.46. The second-order valence-electron chi connectivity index (χ2n) is 5.40. The molecule has 2 aliphatic rings. The van der Waals surface area contributed by atoms with Crippen LogP contribution in [0.5, 0.6) is 5.75 Å². The largest absolute Gasteiger partial charge is 0.486 e. The summed E-state index contributed by atoms with van der Waals surface area (Å²) in [6.07, 6.45) is 5.04. The molecule has 2 unspecified atom stereocenters. The summed E-state index contributed by atoms with van der Waals surface area (Å²) in [5, 5.41) is 0. The van der Waals surface area contributed by atoms with Crippen LogP contribution < -0.4 is 4.74 Å². The number of fused-ring (bicyclic) bond motifs is 1. The van der Waals surface area contributed by atoms with Crippen LogP contribution >= 0.6 is 0 Å². The molecule has 1 aliphatic heterocycles. The van der Waals surface area contributed by atoms with E-state index in [2.05, 4.69) is 6.92 Å². The van der Waals surface area contributed by atoms with Crippen molar-refractivity contribution < 1.29 is 9.53 Å². The third kappa shape index (κ3) is 1.76. The van der Waals surface area contributed by atoms with E-state index in [4.69, 9.17) is 4.74 Å². The van der Waals surface area contributed by atoms with Gasteiger partial charge in [-0.3, -0.25) is 4.79 Å². The highest BCUT2D eigenvalue weighted by atomic mass is 16.5. The van der Waals surface area contributed by atoms with Crippen molar-refractivity contribution in [2.45, 2.75) is 44.6 Å². The smallest absolute Gasteiger partial charge is 0.170 e. The molecule has 3 rings (SSSR count). The van der Waals surface area contributed by atoms with Gasteiger partial charge in [-0.05, 0) is 37.3 Å². The minimum absolute atomic E-state index is 0.188. The van der Waals surface area contributed by atoms with Gasteiger partial charge in [0.05, 0.1) is 12.0 Å². The molecule has 0 saturated heterocycles. The molecule has 1 aliphatic carbocycles. The van der Waals surface area contributed by atoms with E-state index in [0.717, 1.165) is 30.1 Å². The zero-order chi connectivity index (χ0) is 11.9. The predicted molar refractivity (Wildman–Crippen MR) is 66.4 cm³/mol. The van der Waals surface area contributed by atoms with Gasteiger partial charge in [-0.1, -0.05) is 25.5 Å². The molecule has 0 aromatic heterocycles. The van der Waals surface area contributed by atoms with Gasteiger partial charge in [-0.15, -0.1) is 0 Å². The van der Waals surface area contributed by atoms with Crippen LogP contribution in [0.1, 0.15) is 49.4 Å². The molecule has 1 aromatic carbocycles. The van der Waals surface area contributed by atoms with E-state index in [1.165, 1.54) is 12.8 Å². The number of carbonyl (C=O) groups excluding carboxylic acids is 1. The lowest BCUT2D eigenvalue weighted by Crippen LogP contribution is -2.39. The fourth-order valence-corrected chi connectivity index (χ4v) is 3.24. The maximum absolute atomic E-state index is 12.2. The Labute approximate surface area is 102 Å². The van der Waals surface area contributed by atoms with Crippen molar-refractivity contribution >= 4 is 5.78 Å². The second-order valence-corrected chi connectivity index (χ2v) is 5.40. The van der Waals surface area contributed by atoms with Gasteiger partial charge < -0.3 is 4.74 Å². The highest BCUT2D eigenvalue weighted by Gasteiger charge is 2.45. The molecule has 1 saturated carbocycles. The summed E-state index contributed by atoms with van der Waals surface area (Å²) in [7, 11) is 0. The maximum Gasteiger partial charge on any atom is 0.170 e. The first-order valence-electron chi connectivity index (χ1n) is 6.54. The van der Waals surface area contributed by atoms with Crippen molar-refractivity contribution in [1.82, 2.24) is 0 Å². The first-order chi connectivity index (χ1) is 8.22. The van der Waals surface area contributed by atoms with Crippen LogP contribution in [0.3, 0.4) is 0 Å². The van der Waals surface area contributed by atoms with Crippen LogP contribution in [0, 0.1) is 5.92 Å². The first kappa shape index (κ1) is 10.8. The lowest BCUT2D eigenvalue weighted by molar-refractivity contribution is 0.0423. The summed E-state index contributed by atoms with van der Waals surface area (Å²) >= 11 is 0. The third-order valence-corrected chi connectivity index (χ3v) is 4.24. The lowest BCUT2D eigenvalue weighted by Gasteiger charge is -2.35. The average molecular weight is 230 g/mol. The molecule has 0 amide bonds. The van der Waals surface area contributed by atoms with Gasteiger partial charge in [0.15, 0.2) is 5.78 Å². The van der Waals surface area contributed by atoms with Crippen LogP contribution in [-0.4, -0.2) is 11.4 Å². The zero-order valence-corrected chi connectivity index (χ0v) is 10.2. The third-order valence-electron chi connectivity index (χ3n) is 4.24. The van der Waals surface area contributed by atoms with Gasteiger partial charge in [-0.2, -0.15) is 0 Å². The van der Waals surface area contributed by atoms with Crippen LogP contribution in [-0.2, 0) is 0 Å². The lowest BCUT2D eigenvalue weighted by atomic mass is 9.87. The van der Waals surface area contributed by atoms with Crippen molar-refractivity contribution in [3.63, 3.8) is 0 Å². The summed E-state index contributed by atoms with van der Waals surface area (Å²) in [5.41, 5.74) is 0.574. The fourth-order valence-electron chi connectivity index (χ4n) is 3.24. The molecular formula is C15H18O2. The quantitative estimate of drug-likeness (QED) is 0.736. The summed E-state index contributed by atoms with van der Waals surface area (Å²) in [6, 6.07) is 7.64. The minimum atomic E-state index is -0.188. The molecule has 0 N–H and O–H groups in total. The van der Waals surface area contributed by atoms with Crippen LogP contribution in [0.15, 0.2) is 24.3 Å². The zero-order valence-electron chi connectivity index (χ0n) is 10.2. The highest BCUT2D eigenvalue weighted by Crippen LogP contribution is 2.45. The molecule has 2 heteroatoms. The highest BCUT2D eigenvalue weighted by molar-refractivity contribution is 6.00. The van der Waals surface area contributed by atoms with Crippen LogP contribution in [0.4, 0.5) is 0 Å². The van der Waals surface area contributed by atoms with E-state index in [-0.39, 0.29) is 11.4 Å². The Hall–Kier alpha value is -1.31. The van der Waals surface area contributed by atoms with Gasteiger partial charge >= 0.3 is 0 Å². The molecule has 2 nitrogen and oxygen atoms in total. The Balaban J connectivity index is 1.91. The Morgan fingerprint density at radius 3 is 3.00 bits per heavy atom. The molecule has 1 heterocycles. The van der Waals surface area contributed by atoms with E-state index in [1.807, 2.05) is 24.3 Å². The van der Waals surface area contributed by atoms with E-state index < -0.39 is 0 Å². The normalized spacial score (nSPS) is 31.4. The topological polar surface area (TPSA) is 26.3 Å². The molecule has 2 atom stereocenters. The molecule has 0 radical (unpaired) electrons. The number of ketones is 1. The number of ether oxygens (including phenoxy) is 1. The Bertz CT molecular complexity index is 452. The van der Waals surface area contributed by atoms with Gasteiger partial charge in [0.1, 0.15) is 11.4 Å². The number of para-hydroxylation sites is 1. The SMILES string of the molecule is CCC1CCC2(CC(=O)c3ccccc3O2)C1. The molecule has 17 heavy (non-hydrogen) atoms. The van der Waals surface area contributed by atoms with E-state index >= 15 is 0 Å². The molecular weight excluding hydrogens is 212 g/mol. The Morgan fingerprint density at radius 2 is 2.24 bits per heavy atom. The molecule has 90 valence electrons. The number of hydrogen-bond donors (Lipinski definition) is 0. The molecule has 1 spiro atoms. The van der Waals surface area contributed by atoms with Gasteiger partial charge in [0, 0.05) is 0 Å². The van der Waals surface area contributed by atoms with Crippen molar-refractivity contribution in [2.75, 3.05) is 0 Å². The molecule has 0 bridgehead atoms. The van der Waals surface area contributed by atoms with E-state index in [1.54, 1.807) is 0 Å². The molecule has 1 aromatic rings. The summed E-state index contributed by atoms with van der Waals surface area (Å²) in [6.45, 7) is 2.22. The fraction of sp³-hybridized carbons (Fsp3) is 0.533. The standard InChI is InChI=1S/C15H18O2/c1-2-11-7-8-15(9-11)10-13(16)12-5-3-4-6-14(12)17-15/h3-6,11H,2,7-10H2,1H3. The number of benzene rings is 1. The minimum Gasteiger partial charge on any atom is -0.486 e.